The van der Waals surface area contributed by atoms with Gasteiger partial charge in [0.25, 0.3) is 0 Å². The van der Waals surface area contributed by atoms with Crippen molar-refractivity contribution in [1.29, 1.82) is 5.26 Å². The Balaban J connectivity index is 1.75. The van der Waals surface area contributed by atoms with E-state index in [0.717, 1.165) is 42.3 Å². The van der Waals surface area contributed by atoms with Crippen molar-refractivity contribution >= 4 is 22.7 Å². The van der Waals surface area contributed by atoms with Gasteiger partial charge in [-0.15, -0.1) is 11.3 Å². The zero-order valence-corrected chi connectivity index (χ0v) is 14.8. The quantitative estimate of drug-likeness (QED) is 0.890. The van der Waals surface area contributed by atoms with Crippen LogP contribution in [0.25, 0.3) is 0 Å². The number of aromatic nitrogens is 1. The summed E-state index contributed by atoms with van der Waals surface area (Å²) in [4.78, 5) is 7.66. The second-order valence-corrected chi connectivity index (χ2v) is 7.48. The maximum Gasteiger partial charge on any atom is 0.101 e. The molecule has 6 heteroatoms. The maximum atomic E-state index is 9.65. The molecule has 1 aromatic carbocycles. The summed E-state index contributed by atoms with van der Waals surface area (Å²) in [6.45, 7) is 5.68. The second kappa shape index (κ2) is 7.20. The number of piperidine rings is 1. The number of nitrogens with one attached hydrogen (secondary N) is 1. The smallest absolute Gasteiger partial charge is 0.101 e. The van der Waals surface area contributed by atoms with Gasteiger partial charge in [0.1, 0.15) is 6.07 Å². The van der Waals surface area contributed by atoms with Gasteiger partial charge < -0.3 is 15.3 Å². The van der Waals surface area contributed by atoms with Crippen LogP contribution in [0, 0.1) is 18.3 Å². The van der Waals surface area contributed by atoms with Gasteiger partial charge in [-0.2, -0.15) is 5.26 Å². The minimum Gasteiger partial charge on any atom is -0.393 e. The first-order chi connectivity index (χ1) is 11.6. The predicted molar refractivity (Wildman–Crippen MR) is 97.5 cm³/mol. The average Bonchev–Trinajstić information content (AvgIpc) is 3.02. The van der Waals surface area contributed by atoms with Crippen molar-refractivity contribution in [2.45, 2.75) is 38.8 Å². The van der Waals surface area contributed by atoms with Crippen LogP contribution in [-0.2, 0) is 0 Å². The van der Waals surface area contributed by atoms with Crippen LogP contribution < -0.4 is 10.2 Å². The molecule has 1 fully saturated rings. The maximum absolute atomic E-state index is 9.65. The Morgan fingerprint density at radius 2 is 2.17 bits per heavy atom. The molecule has 1 aliphatic rings. The fourth-order valence-corrected chi connectivity index (χ4v) is 3.78. The Kier molecular flexibility index (Phi) is 5.03. The van der Waals surface area contributed by atoms with Crippen molar-refractivity contribution in [1.82, 2.24) is 4.98 Å². The molecule has 0 spiro atoms. The van der Waals surface area contributed by atoms with E-state index in [1.54, 1.807) is 11.3 Å². The number of aryl methyl sites for hydroxylation is 1. The Bertz CT molecular complexity index is 744. The summed E-state index contributed by atoms with van der Waals surface area (Å²) in [5.74, 6) is 0. The number of anilines is 2. The standard InChI is InChI=1S/C18H22N4OS/c1-12(18-11-20-13(2)24-18)21-15-3-4-17(14(9-15)10-19)22-7-5-16(23)6-8-22/h3-4,9,11-12,16,21,23H,5-8H2,1-2H3. The molecular formula is C18H22N4OS. The molecule has 0 radical (unpaired) electrons. The average molecular weight is 342 g/mol. The van der Waals surface area contributed by atoms with Crippen molar-refractivity contribution in [3.63, 3.8) is 0 Å². The largest absolute Gasteiger partial charge is 0.393 e. The number of nitriles is 1. The van der Waals surface area contributed by atoms with E-state index in [1.165, 1.54) is 4.88 Å². The van der Waals surface area contributed by atoms with E-state index >= 15 is 0 Å². The molecule has 2 aromatic rings. The molecular weight excluding hydrogens is 320 g/mol. The highest BCUT2D eigenvalue weighted by molar-refractivity contribution is 7.11. The van der Waals surface area contributed by atoms with Crippen molar-refractivity contribution in [2.24, 2.45) is 0 Å². The monoisotopic (exact) mass is 342 g/mol. The number of hydrogen-bond donors (Lipinski definition) is 2. The zero-order valence-electron chi connectivity index (χ0n) is 14.0. The molecule has 1 saturated heterocycles. The Labute approximate surface area is 146 Å². The van der Waals surface area contributed by atoms with Crippen molar-refractivity contribution in [3.05, 3.63) is 39.8 Å². The van der Waals surface area contributed by atoms with E-state index in [4.69, 9.17) is 0 Å². The Hall–Kier alpha value is -2.10. The summed E-state index contributed by atoms with van der Waals surface area (Å²) >= 11 is 1.68. The molecule has 0 bridgehead atoms. The van der Waals surface area contributed by atoms with Crippen molar-refractivity contribution < 1.29 is 5.11 Å². The molecule has 0 amide bonds. The lowest BCUT2D eigenvalue weighted by Crippen LogP contribution is -2.36. The topological polar surface area (TPSA) is 72.2 Å². The van der Waals surface area contributed by atoms with E-state index in [2.05, 4.69) is 28.2 Å². The molecule has 1 aliphatic heterocycles. The molecule has 2 N–H and O–H groups in total. The van der Waals surface area contributed by atoms with Gasteiger partial charge >= 0.3 is 0 Å². The molecule has 1 unspecified atom stereocenters. The minimum absolute atomic E-state index is 0.152. The number of rotatable bonds is 4. The molecule has 5 nitrogen and oxygen atoms in total. The highest BCUT2D eigenvalue weighted by Crippen LogP contribution is 2.29. The minimum atomic E-state index is -0.212. The van der Waals surface area contributed by atoms with Crippen LogP contribution in [0.2, 0.25) is 0 Å². The van der Waals surface area contributed by atoms with E-state index in [1.807, 2.05) is 31.3 Å². The van der Waals surface area contributed by atoms with Gasteiger partial charge in [0.2, 0.25) is 0 Å². The SMILES string of the molecule is Cc1ncc(C(C)Nc2ccc(N3CCC(O)CC3)c(C#N)c2)s1. The van der Waals surface area contributed by atoms with E-state index < -0.39 is 0 Å². The van der Waals surface area contributed by atoms with Crippen LogP contribution in [0.5, 0.6) is 0 Å². The van der Waals surface area contributed by atoms with E-state index in [9.17, 15) is 10.4 Å². The van der Waals surface area contributed by atoms with Crippen LogP contribution in [-0.4, -0.2) is 29.3 Å². The molecule has 2 heterocycles. The molecule has 0 saturated carbocycles. The highest BCUT2D eigenvalue weighted by atomic mass is 32.1. The number of nitrogens with zero attached hydrogens (tertiary/aromatic N) is 3. The van der Waals surface area contributed by atoms with Gasteiger partial charge in [-0.3, -0.25) is 0 Å². The van der Waals surface area contributed by atoms with Crippen LogP contribution in [0.15, 0.2) is 24.4 Å². The lowest BCUT2D eigenvalue weighted by molar-refractivity contribution is 0.145. The molecule has 1 aromatic heterocycles. The number of aliphatic hydroxyl groups is 1. The van der Waals surface area contributed by atoms with Crippen LogP contribution in [0.4, 0.5) is 11.4 Å². The van der Waals surface area contributed by atoms with Crippen LogP contribution in [0.3, 0.4) is 0 Å². The van der Waals surface area contributed by atoms with Gasteiger partial charge in [0.05, 0.1) is 28.4 Å². The van der Waals surface area contributed by atoms with Crippen molar-refractivity contribution in [2.75, 3.05) is 23.3 Å². The first kappa shape index (κ1) is 16.7. The predicted octanol–water partition coefficient (Wildman–Crippen LogP) is 3.46. The van der Waals surface area contributed by atoms with Crippen LogP contribution in [0.1, 0.15) is 41.3 Å². The zero-order chi connectivity index (χ0) is 17.1. The summed E-state index contributed by atoms with van der Waals surface area (Å²) in [6, 6.07) is 8.39. The molecule has 24 heavy (non-hydrogen) atoms. The van der Waals surface area contributed by atoms with Crippen LogP contribution >= 0.6 is 11.3 Å². The molecule has 0 aliphatic carbocycles. The third kappa shape index (κ3) is 3.69. The number of hydrogen-bond acceptors (Lipinski definition) is 6. The van der Waals surface area contributed by atoms with Gasteiger partial charge in [0, 0.05) is 29.9 Å². The van der Waals surface area contributed by atoms with E-state index in [-0.39, 0.29) is 12.1 Å². The third-order valence-electron chi connectivity index (χ3n) is 4.37. The number of aliphatic hydroxyl groups excluding tert-OH is 1. The second-order valence-electron chi connectivity index (χ2n) is 6.21. The van der Waals surface area contributed by atoms with Gasteiger partial charge in [-0.25, -0.2) is 4.98 Å². The van der Waals surface area contributed by atoms with Gasteiger partial charge in [-0.05, 0) is 44.9 Å². The Morgan fingerprint density at radius 1 is 1.42 bits per heavy atom. The summed E-state index contributed by atoms with van der Waals surface area (Å²) in [5, 5.41) is 23.7. The molecule has 126 valence electrons. The summed E-state index contributed by atoms with van der Waals surface area (Å²) < 4.78 is 0. The number of benzene rings is 1. The fourth-order valence-electron chi connectivity index (χ4n) is 3.00. The summed E-state index contributed by atoms with van der Waals surface area (Å²) in [5.41, 5.74) is 2.56. The highest BCUT2D eigenvalue weighted by Gasteiger charge is 2.20. The van der Waals surface area contributed by atoms with Gasteiger partial charge in [-0.1, -0.05) is 0 Å². The molecule has 1 atom stereocenters. The lowest BCUT2D eigenvalue weighted by Gasteiger charge is -2.32. The third-order valence-corrected chi connectivity index (χ3v) is 5.47. The molecule has 3 rings (SSSR count). The van der Waals surface area contributed by atoms with Gasteiger partial charge in [0.15, 0.2) is 0 Å². The first-order valence-corrected chi connectivity index (χ1v) is 9.04. The Morgan fingerprint density at radius 3 is 2.79 bits per heavy atom. The summed E-state index contributed by atoms with van der Waals surface area (Å²) in [6.07, 6.45) is 3.20. The lowest BCUT2D eigenvalue weighted by atomic mass is 10.0. The number of thiazole rings is 1. The fraction of sp³-hybridized carbons (Fsp3) is 0.444. The normalized spacial score (nSPS) is 16.7. The van der Waals surface area contributed by atoms with Crippen molar-refractivity contribution in [3.8, 4) is 6.07 Å². The first-order valence-electron chi connectivity index (χ1n) is 8.23. The summed E-state index contributed by atoms with van der Waals surface area (Å²) in [7, 11) is 0. The van der Waals surface area contributed by atoms with E-state index in [0.29, 0.717) is 5.56 Å².